The second-order valence-electron chi connectivity index (χ2n) is 8.39. The van der Waals surface area contributed by atoms with Gasteiger partial charge in [0.2, 0.25) is 5.91 Å². The van der Waals surface area contributed by atoms with Gasteiger partial charge < -0.3 is 4.90 Å². The molecule has 0 radical (unpaired) electrons. The average Bonchev–Trinajstić information content (AvgIpc) is 3.09. The van der Waals surface area contributed by atoms with Crippen molar-refractivity contribution >= 4 is 5.91 Å². The Kier molecular flexibility index (Phi) is 4.76. The summed E-state index contributed by atoms with van der Waals surface area (Å²) in [6.45, 7) is 8.66. The van der Waals surface area contributed by atoms with E-state index in [1.54, 1.807) is 0 Å². The number of nitrogens with zero attached hydrogens (tertiary/aromatic N) is 5. The molecule has 144 valence electrons. The molecule has 4 rings (SSSR count). The summed E-state index contributed by atoms with van der Waals surface area (Å²) in [6.07, 6.45) is 5.00. The summed E-state index contributed by atoms with van der Waals surface area (Å²) in [7, 11) is 1.98. The Hall–Kier alpha value is -2.21. The van der Waals surface area contributed by atoms with Crippen molar-refractivity contribution in [2.24, 2.45) is 12.5 Å². The van der Waals surface area contributed by atoms with Gasteiger partial charge in [-0.05, 0) is 57.3 Å². The molecule has 6 heteroatoms. The zero-order valence-corrected chi connectivity index (χ0v) is 16.6. The summed E-state index contributed by atoms with van der Waals surface area (Å²) in [5, 5.41) is 4.45. The van der Waals surface area contributed by atoms with E-state index in [-0.39, 0.29) is 11.3 Å². The molecule has 0 saturated carbocycles. The van der Waals surface area contributed by atoms with Gasteiger partial charge >= 0.3 is 0 Å². The summed E-state index contributed by atoms with van der Waals surface area (Å²) in [5.74, 6) is 0.287. The van der Waals surface area contributed by atoms with Gasteiger partial charge in [0.15, 0.2) is 0 Å². The maximum absolute atomic E-state index is 12.6. The highest BCUT2D eigenvalue weighted by atomic mass is 16.2. The van der Waals surface area contributed by atoms with Crippen molar-refractivity contribution in [2.45, 2.75) is 46.2 Å². The summed E-state index contributed by atoms with van der Waals surface area (Å²) in [6, 6.07) is 6.04. The Bertz CT molecular complexity index is 835. The first kappa shape index (κ1) is 18.2. The summed E-state index contributed by atoms with van der Waals surface area (Å²) in [4.78, 5) is 21.7. The van der Waals surface area contributed by atoms with E-state index in [0.29, 0.717) is 13.0 Å². The normalized spacial score (nSPS) is 20.0. The minimum absolute atomic E-state index is 0.154. The van der Waals surface area contributed by atoms with Gasteiger partial charge in [-0.2, -0.15) is 5.10 Å². The van der Waals surface area contributed by atoms with E-state index in [1.807, 2.05) is 41.8 Å². The maximum Gasteiger partial charge on any atom is 0.223 e. The van der Waals surface area contributed by atoms with E-state index < -0.39 is 0 Å². The molecule has 27 heavy (non-hydrogen) atoms. The number of pyridine rings is 1. The van der Waals surface area contributed by atoms with Gasteiger partial charge in [-0.3, -0.25) is 19.4 Å². The minimum Gasteiger partial charge on any atom is -0.336 e. The first-order chi connectivity index (χ1) is 12.9. The van der Waals surface area contributed by atoms with E-state index in [2.05, 4.69) is 28.1 Å². The van der Waals surface area contributed by atoms with Gasteiger partial charge in [0.05, 0.1) is 17.9 Å². The number of carbonyl (C=O) groups is 1. The molecule has 2 aliphatic heterocycles. The van der Waals surface area contributed by atoms with E-state index in [1.165, 1.54) is 5.56 Å². The largest absolute Gasteiger partial charge is 0.336 e. The number of carbonyl (C=O) groups excluding carboxylic acids is 1. The summed E-state index contributed by atoms with van der Waals surface area (Å²) < 4.78 is 1.89. The third kappa shape index (κ3) is 3.90. The molecule has 1 spiro atoms. The standard InChI is InChI=1S/C21H29N5O/c1-16-5-4-6-19(22-16)14-26-15-21(11-20(26)27)7-9-25(10-8-21)13-18-12-24(3)23-17(18)2/h4-6,12H,7-11,13-15H2,1-3H3. The van der Waals surface area contributed by atoms with Crippen LogP contribution in [-0.4, -0.2) is 50.1 Å². The van der Waals surface area contributed by atoms with Crippen LogP contribution >= 0.6 is 0 Å². The third-order valence-electron chi connectivity index (χ3n) is 6.13. The molecule has 4 heterocycles. The molecule has 0 unspecified atom stereocenters. The molecule has 2 aromatic heterocycles. The lowest BCUT2D eigenvalue weighted by molar-refractivity contribution is -0.128. The first-order valence-electron chi connectivity index (χ1n) is 9.84. The number of hydrogen-bond donors (Lipinski definition) is 0. The number of hydrogen-bond acceptors (Lipinski definition) is 4. The number of piperidine rings is 1. The lowest BCUT2D eigenvalue weighted by Gasteiger charge is -2.38. The smallest absolute Gasteiger partial charge is 0.223 e. The lowest BCUT2D eigenvalue weighted by Crippen LogP contribution is -2.41. The van der Waals surface area contributed by atoms with Crippen molar-refractivity contribution in [1.82, 2.24) is 24.6 Å². The molecular formula is C21H29N5O. The maximum atomic E-state index is 12.6. The topological polar surface area (TPSA) is 54.3 Å². The zero-order chi connectivity index (χ0) is 19.0. The van der Waals surface area contributed by atoms with E-state index in [4.69, 9.17) is 0 Å². The van der Waals surface area contributed by atoms with Gasteiger partial charge in [-0.1, -0.05) is 6.07 Å². The number of likely N-dealkylation sites (tertiary alicyclic amines) is 2. The van der Waals surface area contributed by atoms with E-state index in [9.17, 15) is 4.79 Å². The molecule has 0 aliphatic carbocycles. The highest BCUT2D eigenvalue weighted by molar-refractivity contribution is 5.79. The van der Waals surface area contributed by atoms with Crippen molar-refractivity contribution in [2.75, 3.05) is 19.6 Å². The fourth-order valence-corrected chi connectivity index (χ4v) is 4.57. The Morgan fingerprint density at radius 2 is 1.93 bits per heavy atom. The van der Waals surface area contributed by atoms with Crippen LogP contribution in [0.5, 0.6) is 0 Å². The monoisotopic (exact) mass is 367 g/mol. The van der Waals surface area contributed by atoms with Gasteiger partial charge in [0.25, 0.3) is 0 Å². The van der Waals surface area contributed by atoms with Crippen molar-refractivity contribution in [1.29, 1.82) is 0 Å². The molecule has 2 aromatic rings. The van der Waals surface area contributed by atoms with Crippen LogP contribution in [0.25, 0.3) is 0 Å². The van der Waals surface area contributed by atoms with Gasteiger partial charge in [0, 0.05) is 44.0 Å². The Labute approximate surface area is 161 Å². The van der Waals surface area contributed by atoms with Crippen LogP contribution in [0.15, 0.2) is 24.4 Å². The number of rotatable bonds is 4. The lowest BCUT2D eigenvalue weighted by atomic mass is 9.77. The molecule has 6 nitrogen and oxygen atoms in total. The molecule has 0 N–H and O–H groups in total. The first-order valence-corrected chi connectivity index (χ1v) is 9.84. The van der Waals surface area contributed by atoms with Gasteiger partial charge in [0.1, 0.15) is 0 Å². The predicted octanol–water partition coefficient (Wildman–Crippen LogP) is 2.45. The Balaban J connectivity index is 1.35. The van der Waals surface area contributed by atoms with Crippen LogP contribution in [-0.2, 0) is 24.9 Å². The number of aryl methyl sites for hydroxylation is 3. The predicted molar refractivity (Wildman–Crippen MR) is 104 cm³/mol. The Morgan fingerprint density at radius 3 is 2.59 bits per heavy atom. The van der Waals surface area contributed by atoms with Crippen LogP contribution in [0, 0.1) is 19.3 Å². The number of aromatic nitrogens is 3. The molecule has 2 fully saturated rings. The zero-order valence-electron chi connectivity index (χ0n) is 16.6. The van der Waals surface area contributed by atoms with Crippen molar-refractivity contribution in [3.63, 3.8) is 0 Å². The fraction of sp³-hybridized carbons (Fsp3) is 0.571. The number of amides is 1. The summed E-state index contributed by atoms with van der Waals surface area (Å²) >= 11 is 0. The minimum atomic E-state index is 0.154. The molecule has 2 saturated heterocycles. The molecule has 2 aliphatic rings. The van der Waals surface area contributed by atoms with Crippen molar-refractivity contribution in [3.05, 3.63) is 47.0 Å². The Morgan fingerprint density at radius 1 is 1.15 bits per heavy atom. The van der Waals surface area contributed by atoms with Crippen LogP contribution in [0.4, 0.5) is 0 Å². The van der Waals surface area contributed by atoms with Crippen LogP contribution < -0.4 is 0 Å². The van der Waals surface area contributed by atoms with Gasteiger partial charge in [-0.25, -0.2) is 0 Å². The van der Waals surface area contributed by atoms with Crippen molar-refractivity contribution < 1.29 is 4.79 Å². The third-order valence-corrected chi connectivity index (χ3v) is 6.13. The quantitative estimate of drug-likeness (QED) is 0.833. The molecule has 1 amide bonds. The van der Waals surface area contributed by atoms with E-state index in [0.717, 1.165) is 56.1 Å². The average molecular weight is 367 g/mol. The van der Waals surface area contributed by atoms with Crippen LogP contribution in [0.2, 0.25) is 0 Å². The van der Waals surface area contributed by atoms with Crippen molar-refractivity contribution in [3.8, 4) is 0 Å². The van der Waals surface area contributed by atoms with E-state index >= 15 is 0 Å². The van der Waals surface area contributed by atoms with Gasteiger partial charge in [-0.15, -0.1) is 0 Å². The van der Waals surface area contributed by atoms with Crippen LogP contribution in [0.3, 0.4) is 0 Å². The highest BCUT2D eigenvalue weighted by Gasteiger charge is 2.44. The van der Waals surface area contributed by atoms with Crippen LogP contribution in [0.1, 0.15) is 41.9 Å². The second-order valence-corrected chi connectivity index (χ2v) is 8.39. The molecular weight excluding hydrogens is 338 g/mol. The molecule has 0 atom stereocenters. The molecule has 0 bridgehead atoms. The highest BCUT2D eigenvalue weighted by Crippen LogP contribution is 2.41. The summed E-state index contributed by atoms with van der Waals surface area (Å²) in [5.41, 5.74) is 4.58. The molecule has 0 aromatic carbocycles. The fourth-order valence-electron chi connectivity index (χ4n) is 4.57. The SMILES string of the molecule is Cc1cccc(CN2CC3(CCN(Cc4cn(C)nc4C)CC3)CC2=O)n1. The second kappa shape index (κ2) is 7.08.